The van der Waals surface area contributed by atoms with Crippen molar-refractivity contribution in [1.29, 1.82) is 0 Å². The molecule has 0 amide bonds. The van der Waals surface area contributed by atoms with Gasteiger partial charge in [0.2, 0.25) is 0 Å². The summed E-state index contributed by atoms with van der Waals surface area (Å²) in [5.74, 6) is 0. The van der Waals surface area contributed by atoms with E-state index < -0.39 is 10.0 Å². The van der Waals surface area contributed by atoms with Gasteiger partial charge in [-0.1, -0.05) is 18.2 Å². The van der Waals surface area contributed by atoms with E-state index in [0.717, 1.165) is 15.3 Å². The molecule has 102 valence electrons. The number of nitrogens with two attached hydrogens (primary N) is 1. The highest BCUT2D eigenvalue weighted by Gasteiger charge is 2.19. The second kappa shape index (κ2) is 5.32. The number of rotatable bonds is 4. The number of aryl methyl sites for hydroxylation is 2. The Morgan fingerprint density at radius 1 is 1.26 bits per heavy atom. The lowest BCUT2D eigenvalue weighted by molar-refractivity contribution is 0.601. The summed E-state index contributed by atoms with van der Waals surface area (Å²) >= 11 is 1.47. The van der Waals surface area contributed by atoms with Gasteiger partial charge in [-0.2, -0.15) is 0 Å². The number of hydrogen-bond donors (Lipinski definition) is 2. The zero-order chi connectivity index (χ0) is 14.0. The Hall–Kier alpha value is -1.37. The number of thiophene rings is 1. The maximum atomic E-state index is 12.4. The molecule has 0 radical (unpaired) electrons. The van der Waals surface area contributed by atoms with Crippen LogP contribution < -0.4 is 10.5 Å². The maximum Gasteiger partial charge on any atom is 0.263 e. The zero-order valence-electron chi connectivity index (χ0n) is 10.8. The first kappa shape index (κ1) is 14.0. The van der Waals surface area contributed by atoms with E-state index in [1.165, 1.54) is 11.3 Å². The fourth-order valence-electron chi connectivity index (χ4n) is 1.87. The summed E-state index contributed by atoms with van der Waals surface area (Å²) < 4.78 is 27.3. The summed E-state index contributed by atoms with van der Waals surface area (Å²) in [6.45, 7) is 3.99. The van der Waals surface area contributed by atoms with Crippen molar-refractivity contribution in [3.8, 4) is 0 Å². The van der Waals surface area contributed by atoms with Gasteiger partial charge in [-0.05, 0) is 31.5 Å². The van der Waals surface area contributed by atoms with E-state index in [9.17, 15) is 8.42 Å². The molecule has 1 aromatic carbocycles. The molecule has 0 saturated carbocycles. The summed E-state index contributed by atoms with van der Waals surface area (Å²) in [5, 5.41) is 0. The second-order valence-corrected chi connectivity index (χ2v) is 7.36. The van der Waals surface area contributed by atoms with Crippen LogP contribution in [-0.2, 0) is 16.6 Å². The van der Waals surface area contributed by atoms with Crippen LogP contribution in [0.2, 0.25) is 0 Å². The number of sulfonamides is 1. The molecule has 0 aliphatic heterocycles. The van der Waals surface area contributed by atoms with Crippen molar-refractivity contribution < 1.29 is 8.42 Å². The molecule has 0 bridgehead atoms. The highest BCUT2D eigenvalue weighted by molar-refractivity contribution is 7.93. The van der Waals surface area contributed by atoms with Crippen molar-refractivity contribution in [3.63, 3.8) is 0 Å². The fraction of sp³-hybridized carbons (Fsp3) is 0.231. The average molecular weight is 296 g/mol. The molecule has 1 heterocycles. The topological polar surface area (TPSA) is 72.2 Å². The molecule has 0 aliphatic carbocycles. The average Bonchev–Trinajstić information content (AvgIpc) is 2.69. The monoisotopic (exact) mass is 296 g/mol. The lowest BCUT2D eigenvalue weighted by Gasteiger charge is -2.11. The molecule has 2 rings (SSSR count). The Kier molecular flexibility index (Phi) is 3.93. The van der Waals surface area contributed by atoms with Gasteiger partial charge in [-0.25, -0.2) is 8.42 Å². The summed E-state index contributed by atoms with van der Waals surface area (Å²) in [4.78, 5) is 2.10. The molecule has 0 saturated heterocycles. The quantitative estimate of drug-likeness (QED) is 0.911. The van der Waals surface area contributed by atoms with Crippen LogP contribution in [0.4, 0.5) is 5.69 Å². The lowest BCUT2D eigenvalue weighted by atomic mass is 10.2. The molecule has 0 fully saturated rings. The van der Waals surface area contributed by atoms with Gasteiger partial charge >= 0.3 is 0 Å². The molecule has 2 aromatic rings. The molecule has 0 aliphatic rings. The minimum Gasteiger partial charge on any atom is -0.326 e. The van der Waals surface area contributed by atoms with Crippen LogP contribution in [0.25, 0.3) is 0 Å². The van der Waals surface area contributed by atoms with E-state index in [-0.39, 0.29) is 0 Å². The van der Waals surface area contributed by atoms with E-state index in [4.69, 9.17) is 5.73 Å². The predicted molar refractivity (Wildman–Crippen MR) is 78.9 cm³/mol. The van der Waals surface area contributed by atoms with Crippen molar-refractivity contribution >= 4 is 27.0 Å². The number of para-hydroxylation sites is 1. The maximum absolute atomic E-state index is 12.4. The van der Waals surface area contributed by atoms with E-state index in [2.05, 4.69) is 4.72 Å². The molecule has 1 aromatic heterocycles. The first-order valence-electron chi connectivity index (χ1n) is 5.82. The van der Waals surface area contributed by atoms with Crippen LogP contribution in [-0.4, -0.2) is 8.42 Å². The third-order valence-electron chi connectivity index (χ3n) is 2.77. The van der Waals surface area contributed by atoms with Crippen LogP contribution >= 0.6 is 11.3 Å². The Balaban J connectivity index is 2.39. The standard InChI is InChI=1S/C13H16N2O2S2/c1-9-7-13(10(2)18-9)19(16,17)15-12-6-4-3-5-11(12)8-14/h3-7,15H,8,14H2,1-2H3. The molecular weight excluding hydrogens is 280 g/mol. The number of benzene rings is 1. The molecule has 0 spiro atoms. The van der Waals surface area contributed by atoms with E-state index >= 15 is 0 Å². The largest absolute Gasteiger partial charge is 0.326 e. The van der Waals surface area contributed by atoms with Crippen molar-refractivity contribution in [3.05, 3.63) is 45.6 Å². The third kappa shape index (κ3) is 2.97. The number of hydrogen-bond acceptors (Lipinski definition) is 4. The highest BCUT2D eigenvalue weighted by Crippen LogP contribution is 2.27. The van der Waals surface area contributed by atoms with Gasteiger partial charge in [0.05, 0.1) is 5.69 Å². The number of nitrogens with one attached hydrogen (secondary N) is 1. The molecule has 6 heteroatoms. The van der Waals surface area contributed by atoms with Crippen molar-refractivity contribution in [2.75, 3.05) is 4.72 Å². The highest BCUT2D eigenvalue weighted by atomic mass is 32.2. The van der Waals surface area contributed by atoms with Crippen LogP contribution in [0.1, 0.15) is 15.3 Å². The molecule has 19 heavy (non-hydrogen) atoms. The van der Waals surface area contributed by atoms with Gasteiger partial charge in [0, 0.05) is 16.3 Å². The van der Waals surface area contributed by atoms with Crippen LogP contribution in [0.15, 0.2) is 35.2 Å². The van der Waals surface area contributed by atoms with Crippen LogP contribution in [0, 0.1) is 13.8 Å². The number of anilines is 1. The molecular formula is C13H16N2O2S2. The van der Waals surface area contributed by atoms with Gasteiger partial charge in [0.15, 0.2) is 0 Å². The zero-order valence-corrected chi connectivity index (χ0v) is 12.4. The normalized spacial score (nSPS) is 11.5. The fourth-order valence-corrected chi connectivity index (χ4v) is 4.53. The van der Waals surface area contributed by atoms with Crippen LogP contribution in [0.5, 0.6) is 0 Å². The first-order chi connectivity index (χ1) is 8.94. The van der Waals surface area contributed by atoms with E-state index in [0.29, 0.717) is 17.1 Å². The minimum absolute atomic E-state index is 0.292. The molecule has 0 atom stereocenters. The smallest absolute Gasteiger partial charge is 0.263 e. The predicted octanol–water partition coefficient (Wildman–Crippen LogP) is 2.62. The van der Waals surface area contributed by atoms with Crippen molar-refractivity contribution in [1.82, 2.24) is 0 Å². The lowest BCUT2D eigenvalue weighted by Crippen LogP contribution is -2.15. The van der Waals surface area contributed by atoms with Gasteiger partial charge in [0.1, 0.15) is 4.90 Å². The van der Waals surface area contributed by atoms with Crippen molar-refractivity contribution in [2.45, 2.75) is 25.3 Å². The first-order valence-corrected chi connectivity index (χ1v) is 8.12. The Morgan fingerprint density at radius 3 is 2.53 bits per heavy atom. The van der Waals surface area contributed by atoms with Gasteiger partial charge in [-0.15, -0.1) is 11.3 Å². The molecule has 0 unspecified atom stereocenters. The Bertz CT molecular complexity index is 690. The summed E-state index contributed by atoms with van der Waals surface area (Å²) in [5.41, 5.74) is 6.92. The third-order valence-corrected chi connectivity index (χ3v) is 5.35. The van der Waals surface area contributed by atoms with E-state index in [1.54, 1.807) is 25.1 Å². The molecule has 3 N–H and O–H groups in total. The molecule has 4 nitrogen and oxygen atoms in total. The van der Waals surface area contributed by atoms with Gasteiger partial charge in [-0.3, -0.25) is 4.72 Å². The summed E-state index contributed by atoms with van der Waals surface area (Å²) in [7, 11) is -3.55. The second-order valence-electron chi connectivity index (χ2n) is 4.24. The summed E-state index contributed by atoms with van der Waals surface area (Å²) in [6.07, 6.45) is 0. The minimum atomic E-state index is -3.55. The van der Waals surface area contributed by atoms with E-state index in [1.807, 2.05) is 19.1 Å². The SMILES string of the molecule is Cc1cc(S(=O)(=O)Nc2ccccc2CN)c(C)s1. The van der Waals surface area contributed by atoms with Gasteiger partial charge < -0.3 is 5.73 Å². The van der Waals surface area contributed by atoms with Crippen molar-refractivity contribution in [2.24, 2.45) is 5.73 Å². The van der Waals surface area contributed by atoms with Crippen LogP contribution in [0.3, 0.4) is 0 Å². The summed E-state index contributed by atoms with van der Waals surface area (Å²) in [6, 6.07) is 8.83. The van der Waals surface area contributed by atoms with Gasteiger partial charge in [0.25, 0.3) is 10.0 Å². The Labute approximate surface area is 117 Å². The Morgan fingerprint density at radius 2 is 1.95 bits per heavy atom.